The molecule has 90 valence electrons. The Balaban J connectivity index is 2.80. The van der Waals surface area contributed by atoms with Gasteiger partial charge in [0.15, 0.2) is 0 Å². The Kier molecular flexibility index (Phi) is 5.43. The Morgan fingerprint density at radius 2 is 2.25 bits per heavy atom. The van der Waals surface area contributed by atoms with Crippen LogP contribution in [0.3, 0.4) is 0 Å². The third-order valence-corrected chi connectivity index (χ3v) is 2.88. The van der Waals surface area contributed by atoms with E-state index in [1.54, 1.807) is 7.11 Å². The van der Waals surface area contributed by atoms with E-state index in [0.29, 0.717) is 6.04 Å². The van der Waals surface area contributed by atoms with Crippen molar-refractivity contribution in [3.63, 3.8) is 0 Å². The van der Waals surface area contributed by atoms with Gasteiger partial charge in [0.2, 0.25) is 0 Å². The summed E-state index contributed by atoms with van der Waals surface area (Å²) < 4.78 is 5.33. The summed E-state index contributed by atoms with van der Waals surface area (Å²) >= 11 is 0. The Hall–Kier alpha value is -0.930. The summed E-state index contributed by atoms with van der Waals surface area (Å²) in [7, 11) is 1.75. The van der Waals surface area contributed by atoms with Crippen molar-refractivity contribution in [1.29, 1.82) is 0 Å². The third kappa shape index (κ3) is 3.58. The van der Waals surface area contributed by atoms with Gasteiger partial charge in [-0.15, -0.1) is 0 Å². The van der Waals surface area contributed by atoms with Crippen LogP contribution >= 0.6 is 0 Å². The number of nitrogens with zero attached hydrogens (tertiary/aromatic N) is 1. The number of hydrogen-bond donors (Lipinski definition) is 1. The second-order valence-electron chi connectivity index (χ2n) is 4.12. The Labute approximate surface area is 98.2 Å². The number of pyridine rings is 1. The van der Waals surface area contributed by atoms with Crippen molar-refractivity contribution in [1.82, 2.24) is 10.3 Å². The Morgan fingerprint density at radius 3 is 2.81 bits per heavy atom. The fourth-order valence-electron chi connectivity index (χ4n) is 1.84. The van der Waals surface area contributed by atoms with Crippen molar-refractivity contribution in [2.24, 2.45) is 0 Å². The summed E-state index contributed by atoms with van der Waals surface area (Å²) in [5.41, 5.74) is 2.55. The second kappa shape index (κ2) is 6.61. The van der Waals surface area contributed by atoms with Crippen molar-refractivity contribution in [3.8, 4) is 0 Å². The lowest BCUT2D eigenvalue weighted by Crippen LogP contribution is -2.25. The van der Waals surface area contributed by atoms with E-state index in [4.69, 9.17) is 4.74 Å². The van der Waals surface area contributed by atoms with Gasteiger partial charge in [-0.25, -0.2) is 0 Å². The van der Waals surface area contributed by atoms with E-state index in [0.717, 1.165) is 13.0 Å². The molecular formula is C13H22N2O. The number of nitrogens with one attached hydrogen (secondary N) is 1. The molecule has 2 atom stereocenters. The number of aromatic nitrogens is 1. The normalized spacial score (nSPS) is 14.8. The first-order chi connectivity index (χ1) is 7.69. The van der Waals surface area contributed by atoms with Gasteiger partial charge in [-0.1, -0.05) is 6.92 Å². The van der Waals surface area contributed by atoms with Crippen LogP contribution in [0.2, 0.25) is 0 Å². The van der Waals surface area contributed by atoms with Crippen LogP contribution in [0.1, 0.15) is 37.4 Å². The molecule has 0 spiro atoms. The molecule has 1 aromatic heterocycles. The monoisotopic (exact) mass is 222 g/mol. The molecule has 0 aromatic carbocycles. The second-order valence-corrected chi connectivity index (χ2v) is 4.12. The maximum atomic E-state index is 5.33. The number of ether oxygens (including phenoxy) is 1. The Bertz CT molecular complexity index is 315. The molecule has 3 nitrogen and oxygen atoms in total. The highest BCUT2D eigenvalue weighted by Gasteiger charge is 2.15. The zero-order valence-electron chi connectivity index (χ0n) is 10.7. The molecule has 0 aliphatic heterocycles. The molecule has 0 amide bonds. The van der Waals surface area contributed by atoms with Crippen LogP contribution in [-0.4, -0.2) is 24.7 Å². The van der Waals surface area contributed by atoms with Gasteiger partial charge in [0.25, 0.3) is 0 Å². The van der Waals surface area contributed by atoms with E-state index in [1.165, 1.54) is 11.1 Å². The first kappa shape index (κ1) is 13.1. The summed E-state index contributed by atoms with van der Waals surface area (Å²) in [6.07, 6.45) is 5.01. The lowest BCUT2D eigenvalue weighted by atomic mass is 9.99. The van der Waals surface area contributed by atoms with E-state index in [9.17, 15) is 0 Å². The fraction of sp³-hybridized carbons (Fsp3) is 0.615. The minimum atomic E-state index is 0.253. The molecule has 0 saturated carbocycles. The highest BCUT2D eigenvalue weighted by Crippen LogP contribution is 2.21. The first-order valence-corrected chi connectivity index (χ1v) is 5.85. The Morgan fingerprint density at radius 1 is 1.50 bits per heavy atom. The maximum absolute atomic E-state index is 5.33. The van der Waals surface area contributed by atoms with Gasteiger partial charge in [-0.3, -0.25) is 4.98 Å². The molecule has 3 heteroatoms. The van der Waals surface area contributed by atoms with Crippen LogP contribution in [0.15, 0.2) is 18.5 Å². The highest BCUT2D eigenvalue weighted by atomic mass is 16.5. The lowest BCUT2D eigenvalue weighted by molar-refractivity contribution is 0.100. The lowest BCUT2D eigenvalue weighted by Gasteiger charge is -2.22. The van der Waals surface area contributed by atoms with Gasteiger partial charge < -0.3 is 10.1 Å². The average molecular weight is 222 g/mol. The molecule has 1 N–H and O–H groups in total. The topological polar surface area (TPSA) is 34.1 Å². The quantitative estimate of drug-likeness (QED) is 0.803. The molecule has 1 aromatic rings. The highest BCUT2D eigenvalue weighted by molar-refractivity contribution is 5.25. The van der Waals surface area contributed by atoms with Gasteiger partial charge >= 0.3 is 0 Å². The molecular weight excluding hydrogens is 200 g/mol. The van der Waals surface area contributed by atoms with E-state index >= 15 is 0 Å². The zero-order valence-corrected chi connectivity index (χ0v) is 10.7. The van der Waals surface area contributed by atoms with Gasteiger partial charge in [0.05, 0.1) is 6.10 Å². The fourth-order valence-corrected chi connectivity index (χ4v) is 1.84. The molecule has 2 unspecified atom stereocenters. The van der Waals surface area contributed by atoms with Crippen LogP contribution in [0.4, 0.5) is 0 Å². The summed E-state index contributed by atoms with van der Waals surface area (Å²) in [5, 5.41) is 3.48. The van der Waals surface area contributed by atoms with Gasteiger partial charge in [0.1, 0.15) is 0 Å². The van der Waals surface area contributed by atoms with E-state index in [1.807, 2.05) is 12.4 Å². The largest absolute Gasteiger partial charge is 0.382 e. The summed E-state index contributed by atoms with van der Waals surface area (Å²) in [6.45, 7) is 7.29. The van der Waals surface area contributed by atoms with Crippen LogP contribution in [0.5, 0.6) is 0 Å². The molecule has 0 radical (unpaired) electrons. The van der Waals surface area contributed by atoms with Crippen LogP contribution in [-0.2, 0) is 4.74 Å². The van der Waals surface area contributed by atoms with Crippen molar-refractivity contribution in [3.05, 3.63) is 29.6 Å². The summed E-state index contributed by atoms with van der Waals surface area (Å²) in [6, 6.07) is 2.38. The molecule has 1 heterocycles. The zero-order chi connectivity index (χ0) is 12.0. The number of aryl methyl sites for hydroxylation is 1. The first-order valence-electron chi connectivity index (χ1n) is 5.85. The molecule has 0 bridgehead atoms. The van der Waals surface area contributed by atoms with Gasteiger partial charge in [-0.05, 0) is 44.0 Å². The van der Waals surface area contributed by atoms with Crippen molar-refractivity contribution < 1.29 is 4.74 Å². The SMILES string of the molecule is CCNC(CC(C)OC)c1cnccc1C. The van der Waals surface area contributed by atoms with E-state index in [2.05, 4.69) is 37.1 Å². The molecule has 0 fully saturated rings. The predicted molar refractivity (Wildman–Crippen MR) is 66.5 cm³/mol. The van der Waals surface area contributed by atoms with Crippen molar-refractivity contribution >= 4 is 0 Å². The average Bonchev–Trinajstić information content (AvgIpc) is 2.29. The molecule has 16 heavy (non-hydrogen) atoms. The van der Waals surface area contributed by atoms with Crippen molar-refractivity contribution in [2.75, 3.05) is 13.7 Å². The third-order valence-electron chi connectivity index (χ3n) is 2.88. The summed E-state index contributed by atoms with van der Waals surface area (Å²) in [4.78, 5) is 4.20. The van der Waals surface area contributed by atoms with Gasteiger partial charge in [-0.2, -0.15) is 0 Å². The maximum Gasteiger partial charge on any atom is 0.0561 e. The summed E-state index contributed by atoms with van der Waals surface area (Å²) in [5.74, 6) is 0. The predicted octanol–water partition coefficient (Wildman–Crippen LogP) is 2.47. The standard InChI is InChI=1S/C13H22N2O/c1-5-15-13(8-11(3)16-4)12-9-14-7-6-10(12)2/h6-7,9,11,13,15H,5,8H2,1-4H3. The minimum Gasteiger partial charge on any atom is -0.382 e. The number of rotatable bonds is 6. The minimum absolute atomic E-state index is 0.253. The van der Waals surface area contributed by atoms with Crippen LogP contribution in [0.25, 0.3) is 0 Å². The van der Waals surface area contributed by atoms with Crippen LogP contribution in [0, 0.1) is 6.92 Å². The van der Waals surface area contributed by atoms with Gasteiger partial charge in [0, 0.05) is 25.5 Å². The number of methoxy groups -OCH3 is 1. The number of hydrogen-bond acceptors (Lipinski definition) is 3. The molecule has 0 aliphatic carbocycles. The molecule has 0 aliphatic rings. The van der Waals surface area contributed by atoms with Crippen LogP contribution < -0.4 is 5.32 Å². The van der Waals surface area contributed by atoms with E-state index in [-0.39, 0.29) is 6.10 Å². The van der Waals surface area contributed by atoms with E-state index < -0.39 is 0 Å². The molecule has 0 saturated heterocycles. The molecule has 1 rings (SSSR count). The van der Waals surface area contributed by atoms with Crippen molar-refractivity contribution in [2.45, 2.75) is 39.3 Å². The smallest absolute Gasteiger partial charge is 0.0561 e.